The molecule has 17 heavy (non-hydrogen) atoms. The minimum absolute atomic E-state index is 0.0144. The monoisotopic (exact) mass is 229 g/mol. The largest absolute Gasteiger partial charge is 0.282 e. The van der Waals surface area contributed by atoms with Crippen LogP contribution < -0.4 is 0 Å². The molecule has 88 valence electrons. The van der Waals surface area contributed by atoms with Crippen molar-refractivity contribution in [3.63, 3.8) is 0 Å². The molecule has 2 aliphatic rings. The number of likely N-dealkylation sites (tertiary alicyclic amines) is 1. The van der Waals surface area contributed by atoms with Gasteiger partial charge < -0.3 is 0 Å². The summed E-state index contributed by atoms with van der Waals surface area (Å²) in [5.41, 5.74) is 0.495. The highest BCUT2D eigenvalue weighted by atomic mass is 16.2. The van der Waals surface area contributed by atoms with Crippen LogP contribution in [-0.2, 0) is 15.0 Å². The smallest absolute Gasteiger partial charge is 0.240 e. The SMILES string of the molecule is CCCN1C(=O)C2CC2(c2ccccc2)C1=O. The van der Waals surface area contributed by atoms with Crippen molar-refractivity contribution in [2.45, 2.75) is 25.2 Å². The Labute approximate surface area is 100 Å². The van der Waals surface area contributed by atoms with Crippen molar-refractivity contribution in [2.24, 2.45) is 5.92 Å². The van der Waals surface area contributed by atoms with E-state index in [2.05, 4.69) is 0 Å². The van der Waals surface area contributed by atoms with Crippen LogP contribution in [0.15, 0.2) is 30.3 Å². The molecular formula is C14H15NO2. The minimum atomic E-state index is -0.506. The third kappa shape index (κ3) is 1.22. The Morgan fingerprint density at radius 2 is 2.00 bits per heavy atom. The van der Waals surface area contributed by atoms with Crippen LogP contribution >= 0.6 is 0 Å². The number of hydrogen-bond donors (Lipinski definition) is 0. The molecule has 0 radical (unpaired) electrons. The molecule has 1 saturated carbocycles. The van der Waals surface area contributed by atoms with E-state index in [1.165, 1.54) is 4.90 Å². The zero-order chi connectivity index (χ0) is 12.0. The zero-order valence-electron chi connectivity index (χ0n) is 9.85. The molecule has 0 aromatic heterocycles. The van der Waals surface area contributed by atoms with E-state index in [1.54, 1.807) is 0 Å². The van der Waals surface area contributed by atoms with Gasteiger partial charge in [0, 0.05) is 6.54 Å². The Morgan fingerprint density at radius 3 is 2.65 bits per heavy atom. The van der Waals surface area contributed by atoms with E-state index in [0.717, 1.165) is 12.0 Å². The number of carbonyl (C=O) groups excluding carboxylic acids is 2. The van der Waals surface area contributed by atoms with Gasteiger partial charge in [0.25, 0.3) is 0 Å². The van der Waals surface area contributed by atoms with Crippen molar-refractivity contribution >= 4 is 11.8 Å². The lowest BCUT2D eigenvalue weighted by Crippen LogP contribution is -2.36. The molecule has 2 unspecified atom stereocenters. The van der Waals surface area contributed by atoms with Gasteiger partial charge in [0.1, 0.15) is 0 Å². The van der Waals surface area contributed by atoms with Gasteiger partial charge in [-0.1, -0.05) is 37.3 Å². The maximum absolute atomic E-state index is 12.4. The molecule has 3 rings (SSSR count). The van der Waals surface area contributed by atoms with Crippen LogP contribution in [0.4, 0.5) is 0 Å². The van der Waals surface area contributed by atoms with Gasteiger partial charge in [-0.3, -0.25) is 14.5 Å². The molecule has 2 amide bonds. The van der Waals surface area contributed by atoms with Gasteiger partial charge in [-0.05, 0) is 18.4 Å². The van der Waals surface area contributed by atoms with E-state index in [9.17, 15) is 9.59 Å². The molecular weight excluding hydrogens is 214 g/mol. The highest BCUT2D eigenvalue weighted by Gasteiger charge is 2.72. The van der Waals surface area contributed by atoms with Crippen LogP contribution in [0.5, 0.6) is 0 Å². The predicted octanol–water partition coefficient (Wildman–Crippen LogP) is 1.72. The number of carbonyl (C=O) groups is 2. The number of piperidine rings is 1. The van der Waals surface area contributed by atoms with E-state index in [4.69, 9.17) is 0 Å². The predicted molar refractivity (Wildman–Crippen MR) is 63.2 cm³/mol. The summed E-state index contributed by atoms with van der Waals surface area (Å²) >= 11 is 0. The molecule has 1 aromatic carbocycles. The van der Waals surface area contributed by atoms with Crippen molar-refractivity contribution < 1.29 is 9.59 Å². The van der Waals surface area contributed by atoms with Crippen LogP contribution in [0.2, 0.25) is 0 Å². The average molecular weight is 229 g/mol. The van der Waals surface area contributed by atoms with Gasteiger partial charge in [-0.2, -0.15) is 0 Å². The highest BCUT2D eigenvalue weighted by Crippen LogP contribution is 2.60. The van der Waals surface area contributed by atoms with Crippen LogP contribution in [0, 0.1) is 5.92 Å². The molecule has 1 saturated heterocycles. The van der Waals surface area contributed by atoms with Gasteiger partial charge >= 0.3 is 0 Å². The first-order chi connectivity index (χ1) is 8.21. The van der Waals surface area contributed by atoms with Gasteiger partial charge in [0.2, 0.25) is 11.8 Å². The van der Waals surface area contributed by atoms with Crippen molar-refractivity contribution in [3.8, 4) is 0 Å². The van der Waals surface area contributed by atoms with Gasteiger partial charge in [0.15, 0.2) is 0 Å². The quantitative estimate of drug-likeness (QED) is 0.740. The van der Waals surface area contributed by atoms with E-state index < -0.39 is 5.41 Å². The summed E-state index contributed by atoms with van der Waals surface area (Å²) in [6.45, 7) is 2.54. The summed E-state index contributed by atoms with van der Waals surface area (Å²) in [5.74, 6) is -0.0507. The number of benzene rings is 1. The lowest BCUT2D eigenvalue weighted by atomic mass is 9.94. The van der Waals surface area contributed by atoms with Crippen LogP contribution in [-0.4, -0.2) is 23.3 Å². The molecule has 1 aromatic rings. The first-order valence-corrected chi connectivity index (χ1v) is 6.13. The number of hydrogen-bond acceptors (Lipinski definition) is 2. The summed E-state index contributed by atoms with van der Waals surface area (Å²) in [4.78, 5) is 25.9. The fraction of sp³-hybridized carbons (Fsp3) is 0.429. The first-order valence-electron chi connectivity index (χ1n) is 6.13. The molecule has 1 aliphatic carbocycles. The van der Waals surface area contributed by atoms with Crippen molar-refractivity contribution in [1.29, 1.82) is 0 Å². The molecule has 3 nitrogen and oxygen atoms in total. The first kappa shape index (κ1) is 10.5. The Morgan fingerprint density at radius 1 is 1.29 bits per heavy atom. The molecule has 1 aliphatic heterocycles. The number of imide groups is 1. The van der Waals surface area contributed by atoms with Crippen LogP contribution in [0.1, 0.15) is 25.3 Å². The molecule has 3 heteroatoms. The van der Waals surface area contributed by atoms with Crippen LogP contribution in [0.3, 0.4) is 0 Å². The third-order valence-corrected chi connectivity index (χ3v) is 3.89. The Hall–Kier alpha value is -1.64. The Kier molecular flexibility index (Phi) is 2.12. The van der Waals surface area contributed by atoms with Crippen molar-refractivity contribution in [2.75, 3.05) is 6.54 Å². The fourth-order valence-electron chi connectivity index (χ4n) is 2.94. The van der Waals surface area contributed by atoms with Crippen molar-refractivity contribution in [3.05, 3.63) is 35.9 Å². The lowest BCUT2D eigenvalue weighted by Gasteiger charge is -2.18. The van der Waals surface area contributed by atoms with Gasteiger partial charge in [-0.15, -0.1) is 0 Å². The Balaban J connectivity index is 1.98. The number of fused-ring (bicyclic) bond motifs is 1. The summed E-state index contributed by atoms with van der Waals surface area (Å²) in [7, 11) is 0. The molecule has 2 fully saturated rings. The Bertz CT molecular complexity index is 482. The summed E-state index contributed by atoms with van der Waals surface area (Å²) in [6, 6.07) is 9.71. The fourth-order valence-corrected chi connectivity index (χ4v) is 2.94. The standard InChI is InChI=1S/C14H15NO2/c1-2-8-15-12(16)11-9-14(11,13(15)17)10-6-4-3-5-7-10/h3-7,11H,2,8-9H2,1H3. The summed E-state index contributed by atoms with van der Waals surface area (Å²) in [6.07, 6.45) is 1.53. The van der Waals surface area contributed by atoms with Gasteiger partial charge in [-0.25, -0.2) is 0 Å². The number of rotatable bonds is 3. The highest BCUT2D eigenvalue weighted by molar-refractivity contribution is 6.15. The third-order valence-electron chi connectivity index (χ3n) is 3.89. The van der Waals surface area contributed by atoms with E-state index in [0.29, 0.717) is 13.0 Å². The number of amides is 2. The van der Waals surface area contributed by atoms with Gasteiger partial charge in [0.05, 0.1) is 11.3 Å². The summed E-state index contributed by atoms with van der Waals surface area (Å²) < 4.78 is 0. The summed E-state index contributed by atoms with van der Waals surface area (Å²) in [5, 5.41) is 0. The van der Waals surface area contributed by atoms with Crippen molar-refractivity contribution in [1.82, 2.24) is 4.90 Å². The second-order valence-electron chi connectivity index (χ2n) is 4.89. The second kappa shape index (κ2) is 3.42. The average Bonchev–Trinajstić information content (AvgIpc) is 3.08. The number of nitrogens with zero attached hydrogens (tertiary/aromatic N) is 1. The molecule has 0 spiro atoms. The molecule has 0 bridgehead atoms. The normalized spacial score (nSPS) is 30.6. The molecule has 1 heterocycles. The lowest BCUT2D eigenvalue weighted by molar-refractivity contribution is -0.141. The molecule has 2 atom stereocenters. The van der Waals surface area contributed by atoms with Crippen LogP contribution in [0.25, 0.3) is 0 Å². The van der Waals surface area contributed by atoms with E-state index in [-0.39, 0.29) is 17.7 Å². The zero-order valence-corrected chi connectivity index (χ0v) is 9.85. The second-order valence-corrected chi connectivity index (χ2v) is 4.89. The minimum Gasteiger partial charge on any atom is -0.282 e. The van der Waals surface area contributed by atoms with E-state index in [1.807, 2.05) is 37.3 Å². The molecule has 0 N–H and O–H groups in total. The van der Waals surface area contributed by atoms with E-state index >= 15 is 0 Å². The maximum Gasteiger partial charge on any atom is 0.240 e. The maximum atomic E-state index is 12.4. The topological polar surface area (TPSA) is 37.4 Å².